The van der Waals surface area contributed by atoms with Gasteiger partial charge in [-0.1, -0.05) is 0 Å². The van der Waals surface area contributed by atoms with Crippen LogP contribution >= 0.6 is 0 Å². The summed E-state index contributed by atoms with van der Waals surface area (Å²) in [6.45, 7) is 2.54. The first-order chi connectivity index (χ1) is 48.0. The van der Waals surface area contributed by atoms with Crippen molar-refractivity contribution in [2.45, 2.75) is 163 Å². The minimum absolute atomic E-state index is 0.0161. The van der Waals surface area contributed by atoms with E-state index in [1.165, 1.54) is 20.8 Å². The largest absolute Gasteiger partial charge is 0.480 e. The van der Waals surface area contributed by atoms with Crippen molar-refractivity contribution in [2.75, 3.05) is 172 Å². The van der Waals surface area contributed by atoms with Crippen LogP contribution in [0.15, 0.2) is 0 Å². The second-order valence-corrected chi connectivity index (χ2v) is 23.0. The highest BCUT2D eigenvalue weighted by Gasteiger charge is 2.48. The van der Waals surface area contributed by atoms with Crippen LogP contribution in [0.2, 0.25) is 0 Å². The van der Waals surface area contributed by atoms with E-state index in [9.17, 15) is 89.4 Å². The van der Waals surface area contributed by atoms with Crippen LogP contribution in [0.3, 0.4) is 0 Å². The Kier molecular flexibility index (Phi) is 46.9. The molecule has 0 aromatic heterocycles. The molecule has 3 rings (SSSR count). The van der Waals surface area contributed by atoms with Crippen LogP contribution in [0.1, 0.15) is 59.3 Å². The Bertz CT molecular complexity index is 2310. The zero-order valence-corrected chi connectivity index (χ0v) is 56.8. The molecule has 0 aromatic carbocycles. The highest BCUT2D eigenvalue weighted by Crippen LogP contribution is 2.25. The Hall–Kier alpha value is -5.20. The number of aliphatic carboxylic acids is 1. The number of aliphatic hydroxyl groups is 9. The number of hydrogen-bond donors (Lipinski definition) is 17. The molecule has 3 heterocycles. The second kappa shape index (κ2) is 52.7. The van der Waals surface area contributed by atoms with Crippen LogP contribution in [0.5, 0.6) is 0 Å². The first kappa shape index (κ1) is 89.0. The summed E-state index contributed by atoms with van der Waals surface area (Å²) in [7, 11) is 0. The number of carbonyl (C=O) groups is 8. The van der Waals surface area contributed by atoms with E-state index in [1.54, 1.807) is 0 Å². The van der Waals surface area contributed by atoms with Gasteiger partial charge in [0, 0.05) is 33.9 Å². The number of carbonyl (C=O) groups excluding carboxylic acids is 7. The average Bonchev–Trinajstić information content (AvgIpc) is 0.824. The van der Waals surface area contributed by atoms with Crippen LogP contribution in [-0.4, -0.2) is 374 Å². The zero-order chi connectivity index (χ0) is 73.6. The molecule has 0 spiro atoms. The van der Waals surface area contributed by atoms with Crippen molar-refractivity contribution in [2.24, 2.45) is 0 Å². The van der Waals surface area contributed by atoms with Crippen molar-refractivity contribution in [1.82, 2.24) is 37.2 Å². The van der Waals surface area contributed by atoms with Crippen LogP contribution in [-0.2, 0) is 109 Å². The maximum Gasteiger partial charge on any atom is 0.326 e. The first-order valence-corrected chi connectivity index (χ1v) is 33.1. The molecular formula is C60H107N7O33. The lowest BCUT2D eigenvalue weighted by Gasteiger charge is -2.42. The zero-order valence-electron chi connectivity index (χ0n) is 56.8. The van der Waals surface area contributed by atoms with E-state index < -0.39 is 178 Å². The Balaban J connectivity index is 1.34. The summed E-state index contributed by atoms with van der Waals surface area (Å²) < 4.78 is 82.2. The molecule has 1 unspecified atom stereocenters. The number of carboxylic acids is 1. The van der Waals surface area contributed by atoms with Crippen molar-refractivity contribution in [3.63, 3.8) is 0 Å². The predicted molar refractivity (Wildman–Crippen MR) is 337 cm³/mol. The number of amides is 7. The number of ether oxygens (including phenoxy) is 15. The maximum atomic E-state index is 13.6. The van der Waals surface area contributed by atoms with E-state index >= 15 is 0 Å². The molecule has 40 heteroatoms. The second-order valence-electron chi connectivity index (χ2n) is 23.0. The van der Waals surface area contributed by atoms with Crippen molar-refractivity contribution in [3.05, 3.63) is 0 Å². The van der Waals surface area contributed by atoms with E-state index in [4.69, 9.17) is 71.1 Å². The lowest BCUT2D eigenvalue weighted by Crippen LogP contribution is -2.64. The topological polar surface area (TPSA) is 562 Å². The van der Waals surface area contributed by atoms with Crippen LogP contribution in [0.4, 0.5) is 0 Å². The molecule has 40 nitrogen and oxygen atoms in total. The highest BCUT2D eigenvalue weighted by atomic mass is 16.7. The van der Waals surface area contributed by atoms with Crippen molar-refractivity contribution in [3.8, 4) is 0 Å². The molecule has 3 saturated heterocycles. The molecule has 17 N–H and O–H groups in total. The third-order valence-corrected chi connectivity index (χ3v) is 15.0. The quantitative estimate of drug-likeness (QED) is 0.0252. The van der Waals surface area contributed by atoms with Gasteiger partial charge in [0.1, 0.15) is 105 Å². The summed E-state index contributed by atoms with van der Waals surface area (Å²) in [5.74, 6) is -5.18. The molecule has 580 valence electrons. The normalized spacial score (nSPS) is 25.8. The summed E-state index contributed by atoms with van der Waals surface area (Å²) in [4.78, 5) is 98.8. The van der Waals surface area contributed by atoms with Gasteiger partial charge in [0.25, 0.3) is 0 Å². The molecule has 0 aliphatic carbocycles. The minimum Gasteiger partial charge on any atom is -0.480 e. The molecule has 3 fully saturated rings. The predicted octanol–water partition coefficient (Wildman–Crippen LogP) is -9.36. The monoisotopic (exact) mass is 1450 g/mol. The Morgan fingerprint density at radius 2 is 0.640 bits per heavy atom. The molecule has 0 aromatic rings. The Morgan fingerprint density at radius 1 is 0.360 bits per heavy atom. The van der Waals surface area contributed by atoms with Gasteiger partial charge in [0.2, 0.25) is 41.4 Å². The molecule has 0 bridgehead atoms. The molecule has 3 aliphatic heterocycles. The molecule has 0 radical (unpaired) electrons. The maximum absolute atomic E-state index is 13.6. The van der Waals surface area contributed by atoms with Gasteiger partial charge in [0.15, 0.2) is 18.9 Å². The fourth-order valence-corrected chi connectivity index (χ4v) is 9.86. The molecule has 7 amide bonds. The summed E-state index contributed by atoms with van der Waals surface area (Å²) in [6.07, 6.45) is -14.4. The van der Waals surface area contributed by atoms with Crippen LogP contribution in [0.25, 0.3) is 0 Å². The van der Waals surface area contributed by atoms with Gasteiger partial charge in [-0.15, -0.1) is 0 Å². The van der Waals surface area contributed by atoms with Crippen molar-refractivity contribution >= 4 is 47.3 Å². The van der Waals surface area contributed by atoms with Gasteiger partial charge >= 0.3 is 5.97 Å². The first-order valence-electron chi connectivity index (χ1n) is 33.1. The number of carboxylic acid groups (broad SMARTS) is 1. The summed E-state index contributed by atoms with van der Waals surface area (Å²) in [5, 5.41) is 118. The number of unbranched alkanes of at least 4 members (excludes halogenated alkanes) is 2. The molecular weight excluding hydrogens is 1350 g/mol. The fraction of sp³-hybridized carbons (Fsp3) is 0.867. The summed E-state index contributed by atoms with van der Waals surface area (Å²) in [6, 6.07) is -5.87. The van der Waals surface area contributed by atoms with Gasteiger partial charge in [-0.05, 0) is 38.5 Å². The third-order valence-electron chi connectivity index (χ3n) is 15.0. The Labute approximate surface area is 578 Å². The van der Waals surface area contributed by atoms with Gasteiger partial charge in [-0.3, -0.25) is 33.6 Å². The lowest BCUT2D eigenvalue weighted by molar-refractivity contribution is -0.272. The van der Waals surface area contributed by atoms with Gasteiger partial charge < -0.3 is 159 Å². The summed E-state index contributed by atoms with van der Waals surface area (Å²) >= 11 is 0. The molecule has 100 heavy (non-hydrogen) atoms. The van der Waals surface area contributed by atoms with E-state index in [-0.39, 0.29) is 171 Å². The highest BCUT2D eigenvalue weighted by molar-refractivity contribution is 5.90. The number of aliphatic hydroxyl groups excluding tert-OH is 9. The number of hydrogen-bond acceptors (Lipinski definition) is 32. The third kappa shape index (κ3) is 36.3. The van der Waals surface area contributed by atoms with Gasteiger partial charge in [-0.2, -0.15) is 0 Å². The summed E-state index contributed by atoms with van der Waals surface area (Å²) in [5.41, 5.74) is 0. The lowest BCUT2D eigenvalue weighted by atomic mass is 9.97. The minimum atomic E-state index is -1.47. The van der Waals surface area contributed by atoms with Crippen LogP contribution in [0, 0.1) is 0 Å². The average molecular weight is 1450 g/mol. The van der Waals surface area contributed by atoms with E-state index in [2.05, 4.69) is 37.2 Å². The Morgan fingerprint density at radius 3 is 0.930 bits per heavy atom. The molecule has 3 aliphatic rings. The van der Waals surface area contributed by atoms with E-state index in [1.807, 2.05) is 0 Å². The number of nitrogens with one attached hydrogen (secondary N) is 7. The smallest absolute Gasteiger partial charge is 0.326 e. The van der Waals surface area contributed by atoms with Crippen molar-refractivity contribution in [1.29, 1.82) is 0 Å². The van der Waals surface area contributed by atoms with Crippen molar-refractivity contribution < 1.29 is 160 Å². The standard InChI is InChI=1S/C60H107N7O33/c1-36(71)63-47-53(80)50(77)41(30-68)98-58(47)95-27-24-89-15-12-86-18-21-92-33-44(74)61-10-6-4-8-39(66-46(76)35-94-23-20-88-14-17-91-26-29-97-60-49(65-38(3)73)55(82)52(79)43(32-70)100-60)56(83)67-40(57(84)85)9-5-7-11-62-45(75)34-93-22-19-87-13-16-90-25-28-96-59-48(64-37(2)72)54(81)51(78)42(31-69)99-59/h39-43,47-55,58-60,68-70,77-82H,4-35H2,1-3H3,(H,61,74)(H,62,75)(H,63,71)(H,64,72)(H,65,73)(H,66,76)(H,67,83)(H,84,85)/t39-,40-,41+,42+,43+,47+,48?,49+,50-,51-,52-,53+,54+,55+,58+,59+,60+/m0/s1. The van der Waals surface area contributed by atoms with Gasteiger partial charge in [-0.25, -0.2) is 4.79 Å². The fourth-order valence-electron chi connectivity index (χ4n) is 9.86. The van der Waals surface area contributed by atoms with Crippen LogP contribution < -0.4 is 37.2 Å². The van der Waals surface area contributed by atoms with E-state index in [0.717, 1.165) is 0 Å². The number of rotatable bonds is 56. The SMILES string of the molecule is CC(=O)NC1[C@H](OCCOCCOCCOCC(=O)NCCCC[C@H](NC(=O)[C@H](CCCCNC(=O)COCCOCCOCCO[C@@H]2O[C@H](CO)[C@H](O)[C@H](O)[C@H]2NC(C)=O)NC(=O)COCCOCCOCCO[C@@H]2O[C@H](CO)[C@H](O)[C@H](O)[C@H]2NC(C)=O)C(=O)O)O[C@H](CO)[C@H](O)[C@@H]1O. The van der Waals surface area contributed by atoms with Gasteiger partial charge in [0.05, 0.1) is 139 Å². The molecule has 17 atom stereocenters. The molecule has 0 saturated carbocycles. The van der Waals surface area contributed by atoms with E-state index in [0.29, 0.717) is 12.8 Å².